The van der Waals surface area contributed by atoms with Crippen molar-refractivity contribution in [3.8, 4) is 22.8 Å². The normalized spacial score (nSPS) is 12.0. The second kappa shape index (κ2) is 9.36. The van der Waals surface area contributed by atoms with Crippen LogP contribution in [-0.4, -0.2) is 43.9 Å². The van der Waals surface area contributed by atoms with Crippen molar-refractivity contribution >= 4 is 34.5 Å². The van der Waals surface area contributed by atoms with Crippen molar-refractivity contribution in [2.75, 3.05) is 11.9 Å². The molecular weight excluding hydrogens is 438 g/mol. The summed E-state index contributed by atoms with van der Waals surface area (Å²) in [5.74, 6) is 0.863. The number of aliphatic hydroxyl groups excluding tert-OH is 2. The Balaban J connectivity index is 1.63. The summed E-state index contributed by atoms with van der Waals surface area (Å²) < 4.78 is 1.67. The standard InChI is InChI=1S/C21H18ClN5O3S/c22-15-3-1-2-14(8-15)19-25-20(27(26-19)9-17(29)10-28)13-4-6-16(7-5-13)24-21(30)18-11-31-12-23-18/h1-8,11-12,17,28-29H,9-10H2,(H,24,25,26,30)/p+1. The molecule has 1 amide bonds. The Morgan fingerprint density at radius 3 is 2.71 bits per heavy atom. The van der Waals surface area contributed by atoms with E-state index >= 15 is 0 Å². The molecule has 1 unspecified atom stereocenters. The van der Waals surface area contributed by atoms with Gasteiger partial charge in [-0.05, 0) is 47.4 Å². The van der Waals surface area contributed by atoms with Crippen LogP contribution in [0.4, 0.5) is 5.69 Å². The molecule has 0 saturated carbocycles. The fraction of sp³-hybridized carbons (Fsp3) is 0.143. The maximum atomic E-state index is 12.2. The number of H-pyrrole nitrogens is 1. The van der Waals surface area contributed by atoms with Gasteiger partial charge < -0.3 is 15.5 Å². The molecule has 1 atom stereocenters. The summed E-state index contributed by atoms with van der Waals surface area (Å²) in [6.07, 6.45) is -0.951. The minimum atomic E-state index is -0.951. The number of hydrogen-bond donors (Lipinski definition) is 4. The molecule has 158 valence electrons. The predicted octanol–water partition coefficient (Wildman–Crippen LogP) is 2.75. The number of nitrogens with one attached hydrogen (secondary N) is 2. The number of aliphatic hydroxyl groups is 2. The van der Waals surface area contributed by atoms with E-state index in [9.17, 15) is 15.0 Å². The Morgan fingerprint density at radius 1 is 1.23 bits per heavy atom. The molecule has 0 radical (unpaired) electrons. The SMILES string of the molecule is O=C(Nc1ccc(-c2nc(-c3cccc(Cl)c3)[nH][n+]2CC(O)CO)cc1)c1cscn1. The third-order valence-electron chi connectivity index (χ3n) is 4.48. The van der Waals surface area contributed by atoms with Gasteiger partial charge in [0.2, 0.25) is 0 Å². The molecule has 0 aliphatic rings. The summed E-state index contributed by atoms with van der Waals surface area (Å²) >= 11 is 7.46. The molecule has 0 spiro atoms. The number of aromatic nitrogens is 4. The quantitative estimate of drug-likeness (QED) is 0.319. The third kappa shape index (κ3) is 4.97. The highest BCUT2D eigenvalue weighted by atomic mass is 35.5. The number of anilines is 1. The van der Waals surface area contributed by atoms with Gasteiger partial charge in [0.05, 0.1) is 17.7 Å². The van der Waals surface area contributed by atoms with E-state index in [1.165, 1.54) is 11.3 Å². The number of rotatable bonds is 7. The lowest BCUT2D eigenvalue weighted by Crippen LogP contribution is -2.44. The number of hydrogen-bond acceptors (Lipinski definition) is 6. The minimum Gasteiger partial charge on any atom is -0.394 e. The van der Waals surface area contributed by atoms with Crippen LogP contribution < -0.4 is 10.00 Å². The lowest BCUT2D eigenvalue weighted by molar-refractivity contribution is -0.746. The predicted molar refractivity (Wildman–Crippen MR) is 118 cm³/mol. The number of nitrogens with zero attached hydrogens (tertiary/aromatic N) is 3. The topological polar surface area (TPSA) is 115 Å². The average Bonchev–Trinajstić information content (AvgIpc) is 3.45. The number of thiazole rings is 1. The summed E-state index contributed by atoms with van der Waals surface area (Å²) in [5.41, 5.74) is 4.14. The van der Waals surface area contributed by atoms with Crippen LogP contribution in [0.15, 0.2) is 59.4 Å². The van der Waals surface area contributed by atoms with Crippen molar-refractivity contribution in [1.82, 2.24) is 15.1 Å². The highest BCUT2D eigenvalue weighted by Crippen LogP contribution is 2.23. The lowest BCUT2D eigenvalue weighted by atomic mass is 10.2. The van der Waals surface area contributed by atoms with Crippen molar-refractivity contribution in [1.29, 1.82) is 0 Å². The van der Waals surface area contributed by atoms with Crippen molar-refractivity contribution in [2.45, 2.75) is 12.6 Å². The van der Waals surface area contributed by atoms with E-state index in [-0.39, 0.29) is 19.1 Å². The zero-order valence-electron chi connectivity index (χ0n) is 16.2. The Hall–Kier alpha value is -3.11. The Labute approximate surface area is 186 Å². The van der Waals surface area contributed by atoms with Gasteiger partial charge in [0.15, 0.2) is 0 Å². The van der Waals surface area contributed by atoms with Crippen molar-refractivity contribution in [3.05, 3.63) is 70.1 Å². The molecule has 4 aromatic rings. The van der Waals surface area contributed by atoms with Crippen LogP contribution in [0, 0.1) is 0 Å². The molecule has 8 nitrogen and oxygen atoms in total. The molecule has 0 fully saturated rings. The van der Waals surface area contributed by atoms with Gasteiger partial charge in [0, 0.05) is 21.7 Å². The first-order valence-corrected chi connectivity index (χ1v) is 10.7. The van der Waals surface area contributed by atoms with Gasteiger partial charge in [-0.15, -0.1) is 16.0 Å². The monoisotopic (exact) mass is 456 g/mol. The average molecular weight is 457 g/mol. The number of aromatic amines is 1. The van der Waals surface area contributed by atoms with E-state index in [2.05, 4.69) is 20.4 Å². The Kier molecular flexibility index (Phi) is 6.38. The summed E-state index contributed by atoms with van der Waals surface area (Å²) in [6, 6.07) is 14.4. The zero-order valence-corrected chi connectivity index (χ0v) is 17.8. The van der Waals surface area contributed by atoms with Crippen molar-refractivity contribution < 1.29 is 19.7 Å². The second-order valence-electron chi connectivity index (χ2n) is 6.76. The van der Waals surface area contributed by atoms with Crippen LogP contribution in [0.25, 0.3) is 22.8 Å². The Morgan fingerprint density at radius 2 is 2.03 bits per heavy atom. The first-order chi connectivity index (χ1) is 15.0. The number of amides is 1. The third-order valence-corrected chi connectivity index (χ3v) is 5.30. The van der Waals surface area contributed by atoms with Gasteiger partial charge in [0.25, 0.3) is 11.7 Å². The minimum absolute atomic E-state index is 0.127. The first kappa shape index (κ1) is 21.1. The number of benzene rings is 2. The molecular formula is C21H19ClN5O3S+. The molecule has 0 bridgehead atoms. The number of halogens is 1. The highest BCUT2D eigenvalue weighted by Gasteiger charge is 2.24. The van der Waals surface area contributed by atoms with E-state index < -0.39 is 6.10 Å². The van der Waals surface area contributed by atoms with Crippen LogP contribution in [0.1, 0.15) is 10.5 Å². The summed E-state index contributed by atoms with van der Waals surface area (Å²) in [7, 11) is 0. The number of carbonyl (C=O) groups excluding carboxylic acids is 1. The molecule has 0 aliphatic heterocycles. The highest BCUT2D eigenvalue weighted by molar-refractivity contribution is 7.07. The maximum absolute atomic E-state index is 12.2. The summed E-state index contributed by atoms with van der Waals surface area (Å²) in [4.78, 5) is 20.8. The lowest BCUT2D eigenvalue weighted by Gasteiger charge is -2.05. The molecule has 0 aliphatic carbocycles. The van der Waals surface area contributed by atoms with E-state index in [1.54, 1.807) is 39.8 Å². The fourth-order valence-electron chi connectivity index (χ4n) is 2.98. The molecule has 2 heterocycles. The van der Waals surface area contributed by atoms with E-state index in [4.69, 9.17) is 11.6 Å². The van der Waals surface area contributed by atoms with Crippen molar-refractivity contribution in [3.63, 3.8) is 0 Å². The van der Waals surface area contributed by atoms with Gasteiger partial charge in [-0.3, -0.25) is 4.79 Å². The van der Waals surface area contributed by atoms with Crippen molar-refractivity contribution in [2.24, 2.45) is 0 Å². The molecule has 2 aromatic heterocycles. The summed E-state index contributed by atoms with van der Waals surface area (Å²) in [5, 5.41) is 27.4. The molecule has 0 saturated heterocycles. The zero-order chi connectivity index (χ0) is 21.8. The van der Waals surface area contributed by atoms with E-state index in [0.717, 1.165) is 11.1 Å². The van der Waals surface area contributed by atoms with Crippen LogP contribution in [-0.2, 0) is 6.54 Å². The van der Waals surface area contributed by atoms with E-state index in [0.29, 0.717) is 28.1 Å². The van der Waals surface area contributed by atoms with Gasteiger partial charge in [-0.1, -0.05) is 17.7 Å². The summed E-state index contributed by atoms with van der Waals surface area (Å²) in [6.45, 7) is -0.249. The smallest absolute Gasteiger partial charge is 0.351 e. The van der Waals surface area contributed by atoms with Crippen LogP contribution in [0.5, 0.6) is 0 Å². The van der Waals surface area contributed by atoms with Gasteiger partial charge in [-0.2, -0.15) is 5.10 Å². The Bertz CT molecular complexity index is 1180. The largest absolute Gasteiger partial charge is 0.394 e. The molecule has 2 aromatic carbocycles. The second-order valence-corrected chi connectivity index (χ2v) is 7.91. The molecule has 10 heteroatoms. The van der Waals surface area contributed by atoms with Crippen LogP contribution in [0.2, 0.25) is 5.02 Å². The molecule has 4 rings (SSSR count). The van der Waals surface area contributed by atoms with Gasteiger partial charge in [-0.25, -0.2) is 4.98 Å². The molecule has 31 heavy (non-hydrogen) atoms. The fourth-order valence-corrected chi connectivity index (χ4v) is 3.70. The molecule has 4 N–H and O–H groups in total. The van der Waals surface area contributed by atoms with Gasteiger partial charge in [0.1, 0.15) is 18.3 Å². The number of carbonyl (C=O) groups is 1. The first-order valence-electron chi connectivity index (χ1n) is 9.38. The maximum Gasteiger partial charge on any atom is 0.351 e. The van der Waals surface area contributed by atoms with Crippen LogP contribution in [0.3, 0.4) is 0 Å². The van der Waals surface area contributed by atoms with Crippen LogP contribution >= 0.6 is 22.9 Å². The van der Waals surface area contributed by atoms with E-state index in [1.807, 2.05) is 24.3 Å². The van der Waals surface area contributed by atoms with Gasteiger partial charge >= 0.3 is 5.82 Å².